The molecule has 0 fully saturated rings. The predicted molar refractivity (Wildman–Crippen MR) is 119 cm³/mol. The van der Waals surface area contributed by atoms with E-state index in [4.69, 9.17) is 11.6 Å². The predicted octanol–water partition coefficient (Wildman–Crippen LogP) is 4.16. The van der Waals surface area contributed by atoms with E-state index >= 15 is 0 Å². The summed E-state index contributed by atoms with van der Waals surface area (Å²) in [6.45, 7) is 7.13. The van der Waals surface area contributed by atoms with Gasteiger partial charge in [0.2, 0.25) is 5.91 Å². The van der Waals surface area contributed by atoms with Gasteiger partial charge in [0.15, 0.2) is 0 Å². The summed E-state index contributed by atoms with van der Waals surface area (Å²) in [5, 5.41) is 8.32. The van der Waals surface area contributed by atoms with Gasteiger partial charge in [-0.2, -0.15) is 5.10 Å². The largest absolute Gasteiger partial charge is 0.354 e. The molecule has 0 bridgehead atoms. The van der Waals surface area contributed by atoms with Crippen molar-refractivity contribution in [3.05, 3.63) is 76.3 Å². The zero-order valence-electron chi connectivity index (χ0n) is 17.3. The van der Waals surface area contributed by atoms with Gasteiger partial charge in [0, 0.05) is 29.4 Å². The molecule has 2 heterocycles. The third kappa shape index (κ3) is 3.96. The van der Waals surface area contributed by atoms with E-state index in [0.29, 0.717) is 24.5 Å². The van der Waals surface area contributed by atoms with E-state index < -0.39 is 0 Å². The lowest BCUT2D eigenvalue weighted by atomic mass is 10.1. The van der Waals surface area contributed by atoms with Crippen LogP contribution in [-0.2, 0) is 17.8 Å². The van der Waals surface area contributed by atoms with Gasteiger partial charge in [-0.1, -0.05) is 23.7 Å². The van der Waals surface area contributed by atoms with Gasteiger partial charge in [-0.3, -0.25) is 4.79 Å². The molecule has 2 aromatic carbocycles. The second-order valence-corrected chi connectivity index (χ2v) is 7.80. The molecule has 0 saturated carbocycles. The number of para-hydroxylation sites is 2. The van der Waals surface area contributed by atoms with Gasteiger partial charge in [-0.15, -0.1) is 0 Å². The molecule has 7 heteroatoms. The molecule has 154 valence electrons. The van der Waals surface area contributed by atoms with E-state index in [-0.39, 0.29) is 5.91 Å². The highest BCUT2D eigenvalue weighted by molar-refractivity contribution is 6.30. The molecule has 1 amide bonds. The number of aromatic nitrogens is 4. The maximum atomic E-state index is 12.6. The molecule has 0 unspecified atom stereocenters. The van der Waals surface area contributed by atoms with Crippen molar-refractivity contribution >= 4 is 28.5 Å². The molecular formula is C23H24ClN5O. The summed E-state index contributed by atoms with van der Waals surface area (Å²) in [6.07, 6.45) is 0.301. The number of imidazole rings is 1. The third-order valence-corrected chi connectivity index (χ3v) is 5.60. The van der Waals surface area contributed by atoms with Gasteiger partial charge >= 0.3 is 0 Å². The van der Waals surface area contributed by atoms with E-state index in [2.05, 4.69) is 26.0 Å². The van der Waals surface area contributed by atoms with Crippen LogP contribution in [-0.4, -0.2) is 31.8 Å². The summed E-state index contributed by atoms with van der Waals surface area (Å²) in [6, 6.07) is 15.5. The molecular weight excluding hydrogens is 398 g/mol. The quantitative estimate of drug-likeness (QED) is 0.508. The van der Waals surface area contributed by atoms with Crippen LogP contribution in [0.3, 0.4) is 0 Å². The molecule has 0 aliphatic heterocycles. The van der Waals surface area contributed by atoms with Crippen molar-refractivity contribution in [1.29, 1.82) is 0 Å². The molecule has 6 nitrogen and oxygen atoms in total. The Bertz CT molecular complexity index is 1210. The van der Waals surface area contributed by atoms with Crippen molar-refractivity contribution in [1.82, 2.24) is 24.6 Å². The van der Waals surface area contributed by atoms with Crippen molar-refractivity contribution in [2.24, 2.45) is 0 Å². The minimum atomic E-state index is -0.0149. The lowest BCUT2D eigenvalue weighted by Gasteiger charge is -2.09. The normalized spacial score (nSPS) is 11.2. The first-order valence-electron chi connectivity index (χ1n) is 9.93. The van der Waals surface area contributed by atoms with Gasteiger partial charge in [0.25, 0.3) is 0 Å². The first kappa shape index (κ1) is 20.2. The maximum absolute atomic E-state index is 12.6. The monoisotopic (exact) mass is 421 g/mol. The fourth-order valence-electron chi connectivity index (χ4n) is 3.77. The van der Waals surface area contributed by atoms with E-state index in [0.717, 1.165) is 39.5 Å². The summed E-state index contributed by atoms with van der Waals surface area (Å²) in [7, 11) is 0. The molecule has 0 spiro atoms. The van der Waals surface area contributed by atoms with Crippen LogP contribution < -0.4 is 5.32 Å². The summed E-state index contributed by atoms with van der Waals surface area (Å²) in [4.78, 5) is 17.2. The zero-order valence-corrected chi connectivity index (χ0v) is 18.1. The van der Waals surface area contributed by atoms with Crippen LogP contribution >= 0.6 is 11.6 Å². The lowest BCUT2D eigenvalue weighted by molar-refractivity contribution is -0.120. The Labute approximate surface area is 180 Å². The van der Waals surface area contributed by atoms with E-state index in [9.17, 15) is 4.79 Å². The van der Waals surface area contributed by atoms with E-state index in [1.54, 1.807) is 0 Å². The van der Waals surface area contributed by atoms with Crippen molar-refractivity contribution in [3.63, 3.8) is 0 Å². The zero-order chi connectivity index (χ0) is 21.3. The molecule has 0 radical (unpaired) electrons. The van der Waals surface area contributed by atoms with Gasteiger partial charge < -0.3 is 9.88 Å². The number of nitrogens with zero attached hydrogens (tertiary/aromatic N) is 4. The van der Waals surface area contributed by atoms with Crippen LogP contribution in [0.25, 0.3) is 16.7 Å². The Kier molecular flexibility index (Phi) is 5.59. The third-order valence-electron chi connectivity index (χ3n) is 5.35. The highest BCUT2D eigenvalue weighted by Gasteiger charge is 2.16. The van der Waals surface area contributed by atoms with E-state index in [1.807, 2.05) is 67.9 Å². The number of amides is 1. The fourth-order valence-corrected chi connectivity index (χ4v) is 3.90. The molecule has 4 aromatic rings. The van der Waals surface area contributed by atoms with Gasteiger partial charge in [-0.05, 0) is 57.2 Å². The van der Waals surface area contributed by atoms with Crippen LogP contribution in [0, 0.1) is 20.8 Å². The fraction of sp³-hybridized carbons (Fsp3) is 0.261. The second kappa shape index (κ2) is 8.32. The minimum Gasteiger partial charge on any atom is -0.354 e. The standard InChI is InChI=1S/C23H24ClN5O/c1-15-20(16(2)29(27-15)19-10-8-18(24)9-11-19)14-23(30)25-12-13-28-17(3)26-21-6-4-5-7-22(21)28/h4-11H,12-14H2,1-3H3,(H,25,30). The number of benzene rings is 2. The number of carbonyl (C=O) groups excluding carboxylic acids is 1. The maximum Gasteiger partial charge on any atom is 0.224 e. The highest BCUT2D eigenvalue weighted by Crippen LogP contribution is 2.20. The topological polar surface area (TPSA) is 64.7 Å². The highest BCUT2D eigenvalue weighted by atomic mass is 35.5. The summed E-state index contributed by atoms with van der Waals surface area (Å²) in [5.41, 5.74) is 5.75. The Hall–Kier alpha value is -3.12. The summed E-state index contributed by atoms with van der Waals surface area (Å²) < 4.78 is 3.99. The van der Waals surface area contributed by atoms with E-state index in [1.165, 1.54) is 0 Å². The Morgan fingerprint density at radius 3 is 2.57 bits per heavy atom. The first-order chi connectivity index (χ1) is 14.4. The summed E-state index contributed by atoms with van der Waals surface area (Å²) >= 11 is 5.98. The number of rotatable bonds is 6. The van der Waals surface area contributed by atoms with Gasteiger partial charge in [0.05, 0.1) is 28.8 Å². The Morgan fingerprint density at radius 2 is 1.80 bits per heavy atom. The number of halogens is 1. The Balaban J connectivity index is 1.42. The molecule has 0 aliphatic carbocycles. The van der Waals surface area contributed by atoms with Gasteiger partial charge in [0.1, 0.15) is 5.82 Å². The number of aryl methyl sites for hydroxylation is 2. The van der Waals surface area contributed by atoms with Crippen LogP contribution in [0.1, 0.15) is 22.8 Å². The van der Waals surface area contributed by atoms with Crippen molar-refractivity contribution in [2.45, 2.75) is 33.7 Å². The average Bonchev–Trinajstić information content (AvgIpc) is 3.19. The van der Waals surface area contributed by atoms with Crippen LogP contribution in [0.2, 0.25) is 5.02 Å². The van der Waals surface area contributed by atoms with Crippen molar-refractivity contribution in [3.8, 4) is 5.69 Å². The lowest BCUT2D eigenvalue weighted by Crippen LogP contribution is -2.29. The smallest absolute Gasteiger partial charge is 0.224 e. The number of nitrogens with one attached hydrogen (secondary N) is 1. The average molecular weight is 422 g/mol. The van der Waals surface area contributed by atoms with Crippen LogP contribution in [0.15, 0.2) is 48.5 Å². The second-order valence-electron chi connectivity index (χ2n) is 7.36. The Morgan fingerprint density at radius 1 is 1.07 bits per heavy atom. The van der Waals surface area contributed by atoms with Crippen molar-refractivity contribution in [2.75, 3.05) is 6.54 Å². The molecule has 30 heavy (non-hydrogen) atoms. The number of fused-ring (bicyclic) bond motifs is 1. The SMILES string of the molecule is Cc1nn(-c2ccc(Cl)cc2)c(C)c1CC(=O)NCCn1c(C)nc2ccccc21. The van der Waals surface area contributed by atoms with Gasteiger partial charge in [-0.25, -0.2) is 9.67 Å². The molecule has 0 atom stereocenters. The van der Waals surface area contributed by atoms with Crippen LogP contribution in [0.4, 0.5) is 0 Å². The summed E-state index contributed by atoms with van der Waals surface area (Å²) in [5.74, 6) is 0.931. The molecule has 2 aromatic heterocycles. The minimum absolute atomic E-state index is 0.0149. The number of carbonyl (C=O) groups is 1. The van der Waals surface area contributed by atoms with Crippen molar-refractivity contribution < 1.29 is 4.79 Å². The molecule has 0 aliphatic rings. The molecule has 4 rings (SSSR count). The molecule has 0 saturated heterocycles. The number of hydrogen-bond acceptors (Lipinski definition) is 3. The van der Waals surface area contributed by atoms with Crippen LogP contribution in [0.5, 0.6) is 0 Å². The molecule has 1 N–H and O–H groups in total. The number of hydrogen-bond donors (Lipinski definition) is 1. The first-order valence-corrected chi connectivity index (χ1v) is 10.3.